The van der Waals surface area contributed by atoms with E-state index in [0.29, 0.717) is 12.5 Å². The van der Waals surface area contributed by atoms with E-state index in [1.54, 1.807) is 12.4 Å². The van der Waals surface area contributed by atoms with Crippen LogP contribution in [-0.2, 0) is 11.3 Å². The number of nitrogens with one attached hydrogen (secondary N) is 1. The second-order valence-electron chi connectivity index (χ2n) is 5.06. The Bertz CT molecular complexity index is 639. The molecule has 0 atom stereocenters. The van der Waals surface area contributed by atoms with Gasteiger partial charge in [0, 0.05) is 38.6 Å². The van der Waals surface area contributed by atoms with Crippen LogP contribution in [0.3, 0.4) is 0 Å². The summed E-state index contributed by atoms with van der Waals surface area (Å²) in [7, 11) is 3.77. The maximum atomic E-state index is 11.5. The molecule has 6 heteroatoms. The van der Waals surface area contributed by atoms with Crippen molar-refractivity contribution in [3.63, 3.8) is 0 Å². The fourth-order valence-electron chi connectivity index (χ4n) is 1.76. The van der Waals surface area contributed by atoms with Crippen LogP contribution in [0.2, 0.25) is 0 Å². The number of nitrogens with zero attached hydrogens (tertiary/aromatic N) is 3. The molecule has 0 aliphatic carbocycles. The van der Waals surface area contributed by atoms with Gasteiger partial charge in [0.2, 0.25) is 5.95 Å². The lowest BCUT2D eigenvalue weighted by atomic mass is 10.2. The molecule has 2 aromatic rings. The number of alkyl carbamates (subject to hydrolysis) is 1. The van der Waals surface area contributed by atoms with Crippen LogP contribution in [-0.4, -0.2) is 36.7 Å². The Labute approximate surface area is 135 Å². The van der Waals surface area contributed by atoms with E-state index < -0.39 is 6.09 Å². The normalized spacial score (nSPS) is 10.5. The van der Waals surface area contributed by atoms with Crippen molar-refractivity contribution < 1.29 is 9.53 Å². The van der Waals surface area contributed by atoms with Gasteiger partial charge in [0.1, 0.15) is 6.61 Å². The molecule has 0 aliphatic heterocycles. The number of anilines is 1. The lowest BCUT2D eigenvalue weighted by Crippen LogP contribution is -2.24. The van der Waals surface area contributed by atoms with Crippen molar-refractivity contribution in [1.82, 2.24) is 15.3 Å². The van der Waals surface area contributed by atoms with Gasteiger partial charge in [-0.15, -0.1) is 0 Å². The quantitative estimate of drug-likeness (QED) is 0.887. The molecule has 120 valence electrons. The number of benzene rings is 1. The molecule has 0 unspecified atom stereocenters. The number of hydrogen-bond donors (Lipinski definition) is 1. The highest BCUT2D eigenvalue weighted by molar-refractivity contribution is 5.67. The highest BCUT2D eigenvalue weighted by Gasteiger charge is 2.00. The summed E-state index contributed by atoms with van der Waals surface area (Å²) < 4.78 is 5.11. The lowest BCUT2D eigenvalue weighted by molar-refractivity contribution is 0.141. The zero-order valence-corrected chi connectivity index (χ0v) is 13.3. The number of rotatable bonds is 6. The van der Waals surface area contributed by atoms with Gasteiger partial charge in [0.25, 0.3) is 0 Å². The molecule has 1 N–H and O–H groups in total. The molecular formula is C17H20N4O2. The van der Waals surface area contributed by atoms with Gasteiger partial charge in [-0.3, -0.25) is 0 Å². The molecular weight excluding hydrogens is 292 g/mol. The van der Waals surface area contributed by atoms with Gasteiger partial charge in [-0.2, -0.15) is 0 Å². The first-order valence-corrected chi connectivity index (χ1v) is 7.25. The van der Waals surface area contributed by atoms with Crippen molar-refractivity contribution in [2.24, 2.45) is 0 Å². The van der Waals surface area contributed by atoms with E-state index in [4.69, 9.17) is 4.74 Å². The molecule has 0 fully saturated rings. The van der Waals surface area contributed by atoms with Crippen molar-refractivity contribution in [2.45, 2.75) is 6.61 Å². The van der Waals surface area contributed by atoms with Gasteiger partial charge in [-0.25, -0.2) is 14.8 Å². The monoisotopic (exact) mass is 312 g/mol. The fraction of sp³-hybridized carbons (Fsp3) is 0.235. The van der Waals surface area contributed by atoms with Crippen molar-refractivity contribution in [3.8, 4) is 0 Å². The predicted octanol–water partition coefficient (Wildman–Crippen LogP) is 2.48. The van der Waals surface area contributed by atoms with E-state index >= 15 is 0 Å². The first-order valence-electron chi connectivity index (χ1n) is 7.25. The number of hydrogen-bond acceptors (Lipinski definition) is 5. The molecule has 0 bridgehead atoms. The largest absolute Gasteiger partial charge is 0.445 e. The SMILES string of the molecule is CN(C)c1ncc(C=CCNC(=O)OCc2ccccc2)cn1. The Balaban J connectivity index is 1.70. The number of aromatic nitrogens is 2. The lowest BCUT2D eigenvalue weighted by Gasteiger charge is -2.08. The van der Waals surface area contributed by atoms with Gasteiger partial charge in [-0.1, -0.05) is 42.5 Å². The van der Waals surface area contributed by atoms with Gasteiger partial charge < -0.3 is 15.0 Å². The molecule has 0 spiro atoms. The summed E-state index contributed by atoms with van der Waals surface area (Å²) >= 11 is 0. The molecule has 1 amide bonds. The summed E-state index contributed by atoms with van der Waals surface area (Å²) in [5, 5.41) is 2.66. The van der Waals surface area contributed by atoms with Gasteiger partial charge >= 0.3 is 6.09 Å². The van der Waals surface area contributed by atoms with E-state index in [-0.39, 0.29) is 6.61 Å². The number of amides is 1. The Hall–Kier alpha value is -2.89. The molecule has 6 nitrogen and oxygen atoms in total. The summed E-state index contributed by atoms with van der Waals surface area (Å²) in [6, 6.07) is 9.55. The van der Waals surface area contributed by atoms with E-state index in [2.05, 4.69) is 15.3 Å². The average Bonchev–Trinajstić information content (AvgIpc) is 2.58. The van der Waals surface area contributed by atoms with Crippen LogP contribution in [0.5, 0.6) is 0 Å². The van der Waals surface area contributed by atoms with Gasteiger partial charge in [0.05, 0.1) is 0 Å². The number of carbonyl (C=O) groups is 1. The minimum absolute atomic E-state index is 0.260. The highest BCUT2D eigenvalue weighted by Crippen LogP contribution is 2.04. The molecule has 1 aromatic carbocycles. The second-order valence-corrected chi connectivity index (χ2v) is 5.06. The van der Waals surface area contributed by atoms with Crippen LogP contribution >= 0.6 is 0 Å². The fourth-order valence-corrected chi connectivity index (χ4v) is 1.76. The number of ether oxygens (including phenoxy) is 1. The van der Waals surface area contributed by atoms with Crippen LogP contribution in [0.1, 0.15) is 11.1 Å². The molecule has 2 rings (SSSR count). The van der Waals surface area contributed by atoms with Crippen LogP contribution in [0.4, 0.5) is 10.7 Å². The van der Waals surface area contributed by atoms with Crippen molar-refractivity contribution >= 4 is 18.1 Å². The first-order chi connectivity index (χ1) is 11.1. The number of carbonyl (C=O) groups excluding carboxylic acids is 1. The Morgan fingerprint density at radius 2 is 1.91 bits per heavy atom. The molecule has 0 saturated heterocycles. The molecule has 1 aromatic heterocycles. The van der Waals surface area contributed by atoms with Crippen molar-refractivity contribution in [1.29, 1.82) is 0 Å². The summed E-state index contributed by atoms with van der Waals surface area (Å²) in [5.74, 6) is 0.657. The minimum Gasteiger partial charge on any atom is -0.445 e. The standard InChI is InChI=1S/C17H20N4O2/c1-21(2)16-19-11-15(12-20-16)9-6-10-18-17(22)23-13-14-7-4-3-5-8-14/h3-9,11-12H,10,13H2,1-2H3,(H,18,22). The van der Waals surface area contributed by atoms with E-state index in [1.165, 1.54) is 0 Å². The second kappa shape index (κ2) is 8.53. The Morgan fingerprint density at radius 1 is 1.22 bits per heavy atom. The van der Waals surface area contributed by atoms with Crippen LogP contribution in [0, 0.1) is 0 Å². The first kappa shape index (κ1) is 16.5. The van der Waals surface area contributed by atoms with E-state index in [0.717, 1.165) is 11.1 Å². The summed E-state index contributed by atoms with van der Waals surface area (Å²) in [5.41, 5.74) is 1.83. The maximum Gasteiger partial charge on any atom is 0.407 e. The smallest absolute Gasteiger partial charge is 0.407 e. The summed E-state index contributed by atoms with van der Waals surface area (Å²) in [6.45, 7) is 0.638. The Morgan fingerprint density at radius 3 is 2.57 bits per heavy atom. The maximum absolute atomic E-state index is 11.5. The predicted molar refractivity (Wildman–Crippen MR) is 90.0 cm³/mol. The minimum atomic E-state index is -0.447. The van der Waals surface area contributed by atoms with E-state index in [9.17, 15) is 4.79 Å². The van der Waals surface area contributed by atoms with Crippen LogP contribution in [0.15, 0.2) is 48.8 Å². The van der Waals surface area contributed by atoms with Gasteiger partial charge in [-0.05, 0) is 5.56 Å². The van der Waals surface area contributed by atoms with Crippen LogP contribution in [0.25, 0.3) is 6.08 Å². The van der Waals surface area contributed by atoms with Crippen molar-refractivity contribution in [3.05, 3.63) is 59.9 Å². The third-order valence-corrected chi connectivity index (χ3v) is 2.95. The molecule has 0 aliphatic rings. The zero-order valence-electron chi connectivity index (χ0n) is 13.3. The van der Waals surface area contributed by atoms with Gasteiger partial charge in [0.15, 0.2) is 0 Å². The molecule has 23 heavy (non-hydrogen) atoms. The summed E-state index contributed by atoms with van der Waals surface area (Å²) in [4.78, 5) is 21.8. The third kappa shape index (κ3) is 5.78. The topological polar surface area (TPSA) is 67.4 Å². The van der Waals surface area contributed by atoms with Crippen molar-refractivity contribution in [2.75, 3.05) is 25.5 Å². The highest BCUT2D eigenvalue weighted by atomic mass is 16.5. The molecule has 0 radical (unpaired) electrons. The van der Waals surface area contributed by atoms with E-state index in [1.807, 2.05) is 61.5 Å². The molecule has 0 saturated carbocycles. The average molecular weight is 312 g/mol. The Kier molecular flexibility index (Phi) is 6.11. The van der Waals surface area contributed by atoms with Crippen LogP contribution < -0.4 is 10.2 Å². The molecule has 1 heterocycles. The zero-order chi connectivity index (χ0) is 16.5. The summed E-state index contributed by atoms with van der Waals surface area (Å²) in [6.07, 6.45) is 6.67. The third-order valence-electron chi connectivity index (χ3n) is 2.95.